The Bertz CT molecular complexity index is 153. The van der Waals surface area contributed by atoms with E-state index in [-0.39, 0.29) is 0 Å². The van der Waals surface area contributed by atoms with E-state index < -0.39 is 0 Å². The maximum atomic E-state index is 5.79. The number of alkyl halides is 1. The second-order valence-electron chi connectivity index (χ2n) is 4.24. The summed E-state index contributed by atoms with van der Waals surface area (Å²) in [6.07, 6.45) is 6.95. The predicted molar refractivity (Wildman–Crippen MR) is 63.5 cm³/mol. The highest BCUT2D eigenvalue weighted by Gasteiger charge is 2.20. The van der Waals surface area contributed by atoms with Crippen molar-refractivity contribution < 1.29 is 9.47 Å². The van der Waals surface area contributed by atoms with E-state index in [0.717, 1.165) is 12.5 Å². The SMILES string of the molecule is CCC1CCCC(OCCOCCCl)C1. The predicted octanol–water partition coefficient (Wildman–Crippen LogP) is 3.23. The zero-order chi connectivity index (χ0) is 10.9. The Morgan fingerprint density at radius 3 is 2.80 bits per heavy atom. The largest absolute Gasteiger partial charge is 0.378 e. The summed E-state index contributed by atoms with van der Waals surface area (Å²) in [4.78, 5) is 0. The summed E-state index contributed by atoms with van der Waals surface area (Å²) in [5.41, 5.74) is 0. The van der Waals surface area contributed by atoms with Crippen molar-refractivity contribution in [2.45, 2.75) is 45.1 Å². The zero-order valence-electron chi connectivity index (χ0n) is 9.71. The highest BCUT2D eigenvalue weighted by Crippen LogP contribution is 2.28. The lowest BCUT2D eigenvalue weighted by Crippen LogP contribution is -2.24. The third-order valence-electron chi connectivity index (χ3n) is 3.11. The minimum absolute atomic E-state index is 0.475. The molecule has 2 nitrogen and oxygen atoms in total. The van der Waals surface area contributed by atoms with Gasteiger partial charge in [-0.2, -0.15) is 0 Å². The van der Waals surface area contributed by atoms with Crippen LogP contribution in [0.4, 0.5) is 0 Å². The molecule has 1 aliphatic carbocycles. The van der Waals surface area contributed by atoms with Gasteiger partial charge in [0.05, 0.1) is 25.9 Å². The van der Waals surface area contributed by atoms with Crippen LogP contribution in [0.5, 0.6) is 0 Å². The molecule has 1 rings (SSSR count). The van der Waals surface area contributed by atoms with Gasteiger partial charge in [0.1, 0.15) is 0 Å². The van der Waals surface area contributed by atoms with E-state index in [0.29, 0.717) is 25.2 Å². The lowest BCUT2D eigenvalue weighted by Gasteiger charge is -2.28. The third-order valence-corrected chi connectivity index (χ3v) is 3.27. The van der Waals surface area contributed by atoms with Gasteiger partial charge in [0.2, 0.25) is 0 Å². The smallest absolute Gasteiger partial charge is 0.0704 e. The van der Waals surface area contributed by atoms with E-state index in [9.17, 15) is 0 Å². The standard InChI is InChI=1S/C12H23ClO2/c1-2-11-4-3-5-12(10-11)15-9-8-14-7-6-13/h11-12H,2-10H2,1H3. The van der Waals surface area contributed by atoms with Crippen LogP contribution in [0.25, 0.3) is 0 Å². The molecule has 0 radical (unpaired) electrons. The summed E-state index contributed by atoms with van der Waals surface area (Å²) < 4.78 is 11.1. The second-order valence-corrected chi connectivity index (χ2v) is 4.61. The fourth-order valence-corrected chi connectivity index (χ4v) is 2.30. The van der Waals surface area contributed by atoms with Gasteiger partial charge in [-0.3, -0.25) is 0 Å². The fourth-order valence-electron chi connectivity index (χ4n) is 2.19. The molecular weight excluding hydrogens is 212 g/mol. The minimum Gasteiger partial charge on any atom is -0.378 e. The molecule has 3 heteroatoms. The van der Waals surface area contributed by atoms with Gasteiger partial charge in [0.25, 0.3) is 0 Å². The van der Waals surface area contributed by atoms with Gasteiger partial charge >= 0.3 is 0 Å². The zero-order valence-corrected chi connectivity index (χ0v) is 10.5. The number of rotatable bonds is 7. The van der Waals surface area contributed by atoms with E-state index in [1.165, 1.54) is 32.1 Å². The summed E-state index contributed by atoms with van der Waals surface area (Å²) in [6, 6.07) is 0. The average molecular weight is 235 g/mol. The molecule has 15 heavy (non-hydrogen) atoms. The van der Waals surface area contributed by atoms with Crippen molar-refractivity contribution in [3.63, 3.8) is 0 Å². The van der Waals surface area contributed by atoms with E-state index in [2.05, 4.69) is 6.92 Å². The van der Waals surface area contributed by atoms with Crippen LogP contribution < -0.4 is 0 Å². The molecule has 0 aromatic heterocycles. The minimum atomic E-state index is 0.475. The van der Waals surface area contributed by atoms with Crippen LogP contribution in [0.15, 0.2) is 0 Å². The topological polar surface area (TPSA) is 18.5 Å². The Hall–Kier alpha value is 0.210. The maximum absolute atomic E-state index is 5.79. The quantitative estimate of drug-likeness (QED) is 0.498. The molecular formula is C12H23ClO2. The van der Waals surface area contributed by atoms with Crippen molar-refractivity contribution in [3.8, 4) is 0 Å². The van der Waals surface area contributed by atoms with Gasteiger partial charge in [-0.25, -0.2) is 0 Å². The van der Waals surface area contributed by atoms with Crippen molar-refractivity contribution in [1.29, 1.82) is 0 Å². The van der Waals surface area contributed by atoms with Gasteiger partial charge in [-0.15, -0.1) is 11.6 Å². The third kappa shape index (κ3) is 5.74. The molecule has 90 valence electrons. The lowest BCUT2D eigenvalue weighted by molar-refractivity contribution is -0.0180. The molecule has 2 atom stereocenters. The number of hydrogen-bond donors (Lipinski definition) is 0. The molecule has 1 saturated carbocycles. The van der Waals surface area contributed by atoms with Crippen molar-refractivity contribution in [2.24, 2.45) is 5.92 Å². The van der Waals surface area contributed by atoms with Crippen molar-refractivity contribution in [3.05, 3.63) is 0 Å². The van der Waals surface area contributed by atoms with Gasteiger partial charge in [-0.05, 0) is 18.8 Å². The molecule has 0 N–H and O–H groups in total. The molecule has 0 spiro atoms. The van der Waals surface area contributed by atoms with Crippen molar-refractivity contribution >= 4 is 11.6 Å². The van der Waals surface area contributed by atoms with Gasteiger partial charge in [0.15, 0.2) is 0 Å². The summed E-state index contributed by atoms with van der Waals surface area (Å²) >= 11 is 5.50. The molecule has 1 fully saturated rings. The van der Waals surface area contributed by atoms with Crippen LogP contribution in [0, 0.1) is 5.92 Å². The van der Waals surface area contributed by atoms with Crippen LogP contribution in [-0.2, 0) is 9.47 Å². The van der Waals surface area contributed by atoms with E-state index in [1.54, 1.807) is 0 Å². The molecule has 0 amide bonds. The second kappa shape index (κ2) is 8.37. The van der Waals surface area contributed by atoms with Crippen LogP contribution >= 0.6 is 11.6 Å². The summed E-state index contributed by atoms with van der Waals surface area (Å²) in [5.74, 6) is 1.45. The summed E-state index contributed by atoms with van der Waals surface area (Å²) in [5, 5.41) is 0. The molecule has 0 aromatic carbocycles. The van der Waals surface area contributed by atoms with Gasteiger partial charge in [0, 0.05) is 5.88 Å². The average Bonchev–Trinajstić information content (AvgIpc) is 2.29. The molecule has 0 aliphatic heterocycles. The van der Waals surface area contributed by atoms with Crippen LogP contribution in [0.3, 0.4) is 0 Å². The van der Waals surface area contributed by atoms with E-state index in [4.69, 9.17) is 21.1 Å². The Morgan fingerprint density at radius 2 is 2.07 bits per heavy atom. The first kappa shape index (κ1) is 13.3. The molecule has 0 bridgehead atoms. The highest BCUT2D eigenvalue weighted by atomic mass is 35.5. The van der Waals surface area contributed by atoms with Gasteiger partial charge in [-0.1, -0.05) is 26.2 Å². The first-order valence-electron chi connectivity index (χ1n) is 6.12. The molecule has 2 unspecified atom stereocenters. The van der Waals surface area contributed by atoms with Crippen molar-refractivity contribution in [2.75, 3.05) is 25.7 Å². The number of hydrogen-bond acceptors (Lipinski definition) is 2. The first-order valence-corrected chi connectivity index (χ1v) is 6.65. The highest BCUT2D eigenvalue weighted by molar-refractivity contribution is 6.17. The molecule has 0 aromatic rings. The van der Waals surface area contributed by atoms with Crippen LogP contribution in [-0.4, -0.2) is 31.8 Å². The Balaban J connectivity index is 2.00. The van der Waals surface area contributed by atoms with Crippen LogP contribution in [0.2, 0.25) is 0 Å². The fraction of sp³-hybridized carbons (Fsp3) is 1.00. The first-order chi connectivity index (χ1) is 7.36. The molecule has 0 heterocycles. The molecule has 1 aliphatic rings. The number of ether oxygens (including phenoxy) is 2. The van der Waals surface area contributed by atoms with Crippen LogP contribution in [0.1, 0.15) is 39.0 Å². The summed E-state index contributed by atoms with van der Waals surface area (Å²) in [7, 11) is 0. The lowest BCUT2D eigenvalue weighted by atomic mass is 9.85. The van der Waals surface area contributed by atoms with Crippen molar-refractivity contribution in [1.82, 2.24) is 0 Å². The summed E-state index contributed by atoms with van der Waals surface area (Å²) in [6.45, 7) is 4.31. The van der Waals surface area contributed by atoms with E-state index in [1.807, 2.05) is 0 Å². The monoisotopic (exact) mass is 234 g/mol. The Labute approximate surface area is 98.3 Å². The Morgan fingerprint density at radius 1 is 1.20 bits per heavy atom. The van der Waals surface area contributed by atoms with E-state index >= 15 is 0 Å². The molecule has 0 saturated heterocycles. The van der Waals surface area contributed by atoms with Gasteiger partial charge < -0.3 is 9.47 Å². The number of halogens is 1. The maximum Gasteiger partial charge on any atom is 0.0704 e. The Kier molecular flexibility index (Phi) is 7.41. The normalized spacial score (nSPS) is 26.8.